The van der Waals surface area contributed by atoms with Crippen molar-refractivity contribution in [1.29, 1.82) is 0 Å². The molecule has 5 N–H and O–H groups in total. The number of carbonyl (C=O) groups excluding carboxylic acids is 2. The maximum absolute atomic E-state index is 13.2. The van der Waals surface area contributed by atoms with Crippen molar-refractivity contribution in [2.24, 2.45) is 63.7 Å². The van der Waals surface area contributed by atoms with E-state index in [0.717, 1.165) is 106 Å². The highest BCUT2D eigenvalue weighted by molar-refractivity contribution is 5.77. The zero-order valence-corrected chi connectivity index (χ0v) is 35.7. The molecule has 3 fully saturated rings. The Kier molecular flexibility index (Phi) is 17.2. The number of amides is 1. The van der Waals surface area contributed by atoms with Crippen LogP contribution in [0.4, 0.5) is 0 Å². The number of nitrogens with two attached hydrogens (primary N) is 2. The quantitative estimate of drug-likeness (QED) is 0.0580. The van der Waals surface area contributed by atoms with Gasteiger partial charge < -0.3 is 26.4 Å². The summed E-state index contributed by atoms with van der Waals surface area (Å²) >= 11 is 0. The Morgan fingerprint density at radius 3 is 2.32 bits per heavy atom. The van der Waals surface area contributed by atoms with Gasteiger partial charge in [0.1, 0.15) is 6.10 Å². The number of hydrogen-bond donors (Lipinski definition) is 3. The van der Waals surface area contributed by atoms with Gasteiger partial charge in [-0.15, -0.1) is 0 Å². The van der Waals surface area contributed by atoms with Crippen molar-refractivity contribution in [2.45, 2.75) is 189 Å². The lowest BCUT2D eigenvalue weighted by Gasteiger charge is -2.58. The van der Waals surface area contributed by atoms with E-state index in [9.17, 15) is 9.59 Å². The van der Waals surface area contributed by atoms with Crippen LogP contribution in [-0.2, 0) is 14.3 Å². The van der Waals surface area contributed by atoms with Crippen LogP contribution in [0, 0.1) is 52.3 Å². The number of allylic oxidation sites excluding steroid dienone is 1. The number of fused-ring (bicyclic) bond motifs is 5. The summed E-state index contributed by atoms with van der Waals surface area (Å²) in [7, 11) is 0. The van der Waals surface area contributed by atoms with Crippen LogP contribution in [0.5, 0.6) is 0 Å². The molecule has 306 valence electrons. The van der Waals surface area contributed by atoms with Crippen LogP contribution in [0.2, 0.25) is 0 Å². The summed E-state index contributed by atoms with van der Waals surface area (Å²) in [6.45, 7) is 22.3. The molecule has 11 atom stereocenters. The zero-order valence-electron chi connectivity index (χ0n) is 35.7. The summed E-state index contributed by atoms with van der Waals surface area (Å²) in [6, 6.07) is 0.274. The molecule has 0 saturated heterocycles. The SMILES string of the molecule is CC[C@H](CC[C@@H](C)[C@H]1CC[C@H]2[C@@H]3CC=C4C[C@@H](OC(=O)CCCC(=O)N(CCCCNCCC(C)N)CCC(C)N)CC[C@]4(C)[C@H]3CC[C@]12C)C(C)C. The Bertz CT molecular complexity index is 1170. The first-order valence-corrected chi connectivity index (χ1v) is 22.6. The molecular formula is C46H84N4O3. The average molecular weight is 741 g/mol. The lowest BCUT2D eigenvalue weighted by atomic mass is 9.47. The van der Waals surface area contributed by atoms with Gasteiger partial charge >= 0.3 is 5.97 Å². The molecule has 0 heterocycles. The van der Waals surface area contributed by atoms with Gasteiger partial charge in [-0.25, -0.2) is 0 Å². The lowest BCUT2D eigenvalue weighted by molar-refractivity contribution is -0.151. The monoisotopic (exact) mass is 741 g/mol. The number of rotatable bonds is 22. The van der Waals surface area contributed by atoms with Crippen molar-refractivity contribution in [1.82, 2.24) is 10.2 Å². The second-order valence-electron chi connectivity index (χ2n) is 19.5. The summed E-state index contributed by atoms with van der Waals surface area (Å²) in [5.74, 6) is 5.79. The van der Waals surface area contributed by atoms with Crippen molar-refractivity contribution in [3.05, 3.63) is 11.6 Å². The molecule has 7 nitrogen and oxygen atoms in total. The van der Waals surface area contributed by atoms with Gasteiger partial charge in [0.25, 0.3) is 0 Å². The molecule has 0 bridgehead atoms. The molecule has 53 heavy (non-hydrogen) atoms. The smallest absolute Gasteiger partial charge is 0.306 e. The van der Waals surface area contributed by atoms with E-state index in [1.165, 1.54) is 51.4 Å². The van der Waals surface area contributed by atoms with E-state index in [4.69, 9.17) is 16.2 Å². The molecule has 0 radical (unpaired) electrons. The van der Waals surface area contributed by atoms with Crippen LogP contribution < -0.4 is 16.8 Å². The molecule has 2 unspecified atom stereocenters. The standard InChI is InChI=1S/C46H84N4O3/c1-9-36(32(2)3)16-15-33(4)40-19-20-41-39-18-17-37-31-38(21-25-45(37,7)42(39)22-26-46(40,41)8)53-44(52)14-12-13-43(51)50(30-24-35(6)48)29-11-10-27-49-28-23-34(5)47/h17,32-36,38-42,49H,9-16,18-31,47-48H2,1-8H3/t33-,34?,35?,36-,38+,39+,40-,41+,42+,45+,46-/m1/s1. The van der Waals surface area contributed by atoms with Gasteiger partial charge in [-0.2, -0.15) is 0 Å². The minimum Gasteiger partial charge on any atom is -0.462 e. The van der Waals surface area contributed by atoms with E-state index in [1.54, 1.807) is 5.57 Å². The van der Waals surface area contributed by atoms with Crippen LogP contribution in [-0.4, -0.2) is 61.1 Å². The Hall–Kier alpha value is -1.44. The first kappa shape index (κ1) is 44.3. The van der Waals surface area contributed by atoms with Crippen LogP contribution >= 0.6 is 0 Å². The number of carbonyl (C=O) groups is 2. The van der Waals surface area contributed by atoms with E-state index in [-0.39, 0.29) is 35.5 Å². The highest BCUT2D eigenvalue weighted by atomic mass is 16.5. The third-order valence-corrected chi connectivity index (χ3v) is 15.4. The van der Waals surface area contributed by atoms with Gasteiger partial charge in [-0.05, 0) is 163 Å². The molecule has 0 aliphatic heterocycles. The molecule has 0 aromatic heterocycles. The summed E-state index contributed by atoms with van der Waals surface area (Å²) in [5, 5.41) is 3.45. The Morgan fingerprint density at radius 2 is 1.62 bits per heavy atom. The molecule has 3 saturated carbocycles. The molecular weight excluding hydrogens is 657 g/mol. The van der Waals surface area contributed by atoms with Crippen molar-refractivity contribution in [2.75, 3.05) is 26.2 Å². The van der Waals surface area contributed by atoms with Gasteiger partial charge in [0.05, 0.1) is 0 Å². The number of ether oxygens (including phenoxy) is 1. The number of nitrogens with one attached hydrogen (secondary N) is 1. The Morgan fingerprint density at radius 1 is 0.868 bits per heavy atom. The summed E-state index contributed by atoms with van der Waals surface area (Å²) < 4.78 is 6.12. The average Bonchev–Trinajstić information content (AvgIpc) is 3.46. The van der Waals surface area contributed by atoms with Crippen molar-refractivity contribution in [3.63, 3.8) is 0 Å². The Balaban J connectivity index is 1.23. The van der Waals surface area contributed by atoms with Crippen molar-refractivity contribution in [3.8, 4) is 0 Å². The maximum Gasteiger partial charge on any atom is 0.306 e. The first-order chi connectivity index (χ1) is 25.2. The number of hydrogen-bond acceptors (Lipinski definition) is 6. The lowest BCUT2D eigenvalue weighted by Crippen LogP contribution is -2.51. The summed E-state index contributed by atoms with van der Waals surface area (Å²) in [5.41, 5.74) is 14.2. The van der Waals surface area contributed by atoms with Gasteiger partial charge in [0, 0.05) is 44.4 Å². The number of unbranched alkanes of at least 4 members (excludes halogenated alkanes) is 1. The van der Waals surface area contributed by atoms with Crippen molar-refractivity contribution < 1.29 is 14.3 Å². The van der Waals surface area contributed by atoms with Crippen LogP contribution in [0.3, 0.4) is 0 Å². The van der Waals surface area contributed by atoms with Gasteiger partial charge in [0.2, 0.25) is 5.91 Å². The van der Waals surface area contributed by atoms with Crippen LogP contribution in [0.15, 0.2) is 11.6 Å². The highest BCUT2D eigenvalue weighted by Gasteiger charge is 2.59. The maximum atomic E-state index is 13.2. The molecule has 0 aromatic rings. The molecule has 0 spiro atoms. The molecule has 0 aromatic carbocycles. The third kappa shape index (κ3) is 11.8. The third-order valence-electron chi connectivity index (χ3n) is 15.4. The fourth-order valence-electron chi connectivity index (χ4n) is 11.9. The molecule has 7 heteroatoms. The van der Waals surface area contributed by atoms with E-state index in [0.29, 0.717) is 31.2 Å². The number of esters is 1. The first-order valence-electron chi connectivity index (χ1n) is 22.6. The van der Waals surface area contributed by atoms with E-state index >= 15 is 0 Å². The van der Waals surface area contributed by atoms with Gasteiger partial charge in [-0.1, -0.05) is 66.0 Å². The second kappa shape index (κ2) is 20.6. The largest absolute Gasteiger partial charge is 0.462 e. The van der Waals surface area contributed by atoms with Crippen LogP contribution in [0.1, 0.15) is 171 Å². The van der Waals surface area contributed by atoms with Crippen molar-refractivity contribution >= 4 is 11.9 Å². The van der Waals surface area contributed by atoms with E-state index in [2.05, 4.69) is 52.9 Å². The van der Waals surface area contributed by atoms with Gasteiger partial charge in [-0.3, -0.25) is 9.59 Å². The van der Waals surface area contributed by atoms with Crippen LogP contribution in [0.25, 0.3) is 0 Å². The number of nitrogens with zero attached hydrogens (tertiary/aromatic N) is 1. The minimum absolute atomic E-state index is 0.0263. The predicted octanol–water partition coefficient (Wildman–Crippen LogP) is 9.42. The highest BCUT2D eigenvalue weighted by Crippen LogP contribution is 2.67. The zero-order chi connectivity index (χ0) is 38.8. The van der Waals surface area contributed by atoms with Gasteiger partial charge in [0.15, 0.2) is 0 Å². The Labute approximate surface area is 326 Å². The summed E-state index contributed by atoms with van der Waals surface area (Å²) in [6.07, 6.45) is 21.5. The minimum atomic E-state index is -0.140. The molecule has 4 aliphatic carbocycles. The second-order valence-corrected chi connectivity index (χ2v) is 19.5. The van der Waals surface area contributed by atoms with E-state index in [1.807, 2.05) is 18.7 Å². The topological polar surface area (TPSA) is 111 Å². The fraction of sp³-hybridized carbons (Fsp3) is 0.913. The predicted molar refractivity (Wildman–Crippen MR) is 221 cm³/mol. The van der Waals surface area contributed by atoms with E-state index < -0.39 is 0 Å². The fourth-order valence-corrected chi connectivity index (χ4v) is 11.9. The normalized spacial score (nSPS) is 31.8. The molecule has 1 amide bonds. The summed E-state index contributed by atoms with van der Waals surface area (Å²) in [4.78, 5) is 28.2. The molecule has 4 rings (SSSR count). The molecule has 4 aliphatic rings.